The van der Waals surface area contributed by atoms with Gasteiger partial charge in [0.2, 0.25) is 0 Å². The van der Waals surface area contributed by atoms with Crippen LogP contribution in [0.25, 0.3) is 0 Å². The van der Waals surface area contributed by atoms with Crippen molar-refractivity contribution in [3.8, 4) is 5.75 Å². The lowest BCUT2D eigenvalue weighted by atomic mass is 9.91. The third-order valence-electron chi connectivity index (χ3n) is 2.62. The van der Waals surface area contributed by atoms with Gasteiger partial charge in [-0.05, 0) is 31.0 Å². The maximum atomic E-state index is 13.4. The van der Waals surface area contributed by atoms with Gasteiger partial charge in [-0.3, -0.25) is 4.79 Å². The van der Waals surface area contributed by atoms with Gasteiger partial charge in [0.25, 0.3) is 0 Å². The second kappa shape index (κ2) is 4.49. The summed E-state index contributed by atoms with van der Waals surface area (Å²) in [7, 11) is 0. The lowest BCUT2D eigenvalue weighted by molar-refractivity contribution is -0.138. The number of nitrogens with two attached hydrogens (primary N) is 1. The zero-order valence-corrected chi connectivity index (χ0v) is 9.12. The number of aliphatic carboxylic acids is 1. The molecule has 0 heterocycles. The molecule has 1 atom stereocenters. The lowest BCUT2D eigenvalue weighted by Gasteiger charge is -2.17. The summed E-state index contributed by atoms with van der Waals surface area (Å²) in [5.41, 5.74) is 5.82. The highest BCUT2D eigenvalue weighted by Gasteiger charge is 2.26. The van der Waals surface area contributed by atoms with Gasteiger partial charge in [0.15, 0.2) is 0 Å². The molecule has 0 amide bonds. The van der Waals surface area contributed by atoms with E-state index in [4.69, 9.17) is 10.8 Å². The second-order valence-electron chi connectivity index (χ2n) is 3.69. The molecule has 1 rings (SSSR count). The van der Waals surface area contributed by atoms with Crippen molar-refractivity contribution in [2.75, 3.05) is 6.54 Å². The van der Waals surface area contributed by atoms with Crippen molar-refractivity contribution < 1.29 is 19.4 Å². The molecule has 0 aromatic heterocycles. The summed E-state index contributed by atoms with van der Waals surface area (Å²) >= 11 is 0. The molecular formula is C11H14FNO3. The second-order valence-corrected chi connectivity index (χ2v) is 3.69. The maximum absolute atomic E-state index is 13.4. The van der Waals surface area contributed by atoms with E-state index in [1.807, 2.05) is 0 Å². The number of rotatable bonds is 3. The van der Waals surface area contributed by atoms with Crippen LogP contribution >= 0.6 is 0 Å². The molecule has 0 fully saturated rings. The molecule has 0 spiro atoms. The van der Waals surface area contributed by atoms with E-state index in [9.17, 15) is 14.3 Å². The minimum atomic E-state index is -1.18. The number of aryl methyl sites for hydroxylation is 1. The Hall–Kier alpha value is -1.62. The Bertz CT molecular complexity index is 405. The first kappa shape index (κ1) is 12.4. The van der Waals surface area contributed by atoms with Crippen molar-refractivity contribution in [1.29, 1.82) is 0 Å². The van der Waals surface area contributed by atoms with Gasteiger partial charge in [-0.25, -0.2) is 4.39 Å². The molecule has 1 aromatic carbocycles. The van der Waals surface area contributed by atoms with E-state index in [-0.39, 0.29) is 23.4 Å². The van der Waals surface area contributed by atoms with Gasteiger partial charge in [-0.2, -0.15) is 0 Å². The zero-order chi connectivity index (χ0) is 12.5. The summed E-state index contributed by atoms with van der Waals surface area (Å²) in [4.78, 5) is 10.9. The first-order valence-corrected chi connectivity index (χ1v) is 4.81. The van der Waals surface area contributed by atoms with Crippen LogP contribution in [0.2, 0.25) is 0 Å². The normalized spacial score (nSPS) is 12.5. The fourth-order valence-corrected chi connectivity index (χ4v) is 1.65. The smallest absolute Gasteiger partial charge is 0.312 e. The molecule has 0 saturated heterocycles. The van der Waals surface area contributed by atoms with Crippen LogP contribution in [0.5, 0.6) is 5.75 Å². The van der Waals surface area contributed by atoms with E-state index in [1.165, 1.54) is 19.9 Å². The number of hydrogen-bond donors (Lipinski definition) is 3. The molecule has 4 N–H and O–H groups in total. The molecule has 1 unspecified atom stereocenters. The zero-order valence-electron chi connectivity index (χ0n) is 9.12. The summed E-state index contributed by atoms with van der Waals surface area (Å²) < 4.78 is 13.4. The number of carboxylic acids is 1. The Morgan fingerprint density at radius 2 is 2.12 bits per heavy atom. The van der Waals surface area contributed by atoms with E-state index >= 15 is 0 Å². The van der Waals surface area contributed by atoms with Gasteiger partial charge in [0.1, 0.15) is 11.6 Å². The van der Waals surface area contributed by atoms with Gasteiger partial charge in [0, 0.05) is 12.1 Å². The maximum Gasteiger partial charge on any atom is 0.312 e. The van der Waals surface area contributed by atoms with Crippen molar-refractivity contribution in [3.05, 3.63) is 28.6 Å². The average Bonchev–Trinajstić information content (AvgIpc) is 2.21. The van der Waals surface area contributed by atoms with E-state index in [0.29, 0.717) is 5.56 Å². The minimum Gasteiger partial charge on any atom is -0.507 e. The Morgan fingerprint density at radius 3 is 2.56 bits per heavy atom. The molecule has 0 saturated carbocycles. The highest BCUT2D eigenvalue weighted by Crippen LogP contribution is 2.33. The predicted molar refractivity (Wildman–Crippen MR) is 57.0 cm³/mol. The Labute approximate surface area is 92.5 Å². The quantitative estimate of drug-likeness (QED) is 0.726. The predicted octanol–water partition coefficient (Wildman–Crippen LogP) is 1.28. The van der Waals surface area contributed by atoms with Crippen LogP contribution in [-0.4, -0.2) is 22.7 Å². The number of carbonyl (C=O) groups is 1. The molecule has 4 nitrogen and oxygen atoms in total. The number of aromatic hydroxyl groups is 1. The molecule has 16 heavy (non-hydrogen) atoms. The highest BCUT2D eigenvalue weighted by atomic mass is 19.1. The number of phenolic OH excluding ortho intramolecular Hbond substituents is 1. The molecular weight excluding hydrogens is 213 g/mol. The number of benzene rings is 1. The third-order valence-corrected chi connectivity index (χ3v) is 2.62. The molecule has 0 aliphatic rings. The van der Waals surface area contributed by atoms with Gasteiger partial charge in [-0.15, -0.1) is 0 Å². The Morgan fingerprint density at radius 1 is 1.56 bits per heavy atom. The van der Waals surface area contributed by atoms with Crippen LogP contribution < -0.4 is 5.73 Å². The van der Waals surface area contributed by atoms with Gasteiger partial charge in [0.05, 0.1) is 5.92 Å². The topological polar surface area (TPSA) is 83.6 Å². The molecule has 0 radical (unpaired) electrons. The molecule has 0 aliphatic carbocycles. The van der Waals surface area contributed by atoms with Crippen LogP contribution in [0.15, 0.2) is 6.07 Å². The first-order valence-electron chi connectivity index (χ1n) is 4.81. The van der Waals surface area contributed by atoms with E-state index in [0.717, 1.165) is 0 Å². The third kappa shape index (κ3) is 1.99. The van der Waals surface area contributed by atoms with Gasteiger partial charge >= 0.3 is 5.97 Å². The monoisotopic (exact) mass is 227 g/mol. The van der Waals surface area contributed by atoms with Crippen molar-refractivity contribution in [2.24, 2.45) is 5.73 Å². The first-order chi connectivity index (χ1) is 7.40. The fourth-order valence-electron chi connectivity index (χ4n) is 1.65. The number of phenols is 1. The molecule has 1 aromatic rings. The van der Waals surface area contributed by atoms with Crippen molar-refractivity contribution in [2.45, 2.75) is 19.8 Å². The van der Waals surface area contributed by atoms with Crippen LogP contribution in [0.3, 0.4) is 0 Å². The number of carboxylic acid groups (broad SMARTS) is 1. The SMILES string of the molecule is Cc1cc(F)c(C)c(C(CN)C(=O)O)c1O. The largest absolute Gasteiger partial charge is 0.507 e. The standard InChI is InChI=1S/C11H14FNO3/c1-5-3-8(12)6(2)9(10(5)14)7(4-13)11(15)16/h3,7,14H,4,13H2,1-2H3,(H,15,16). The Kier molecular flexibility index (Phi) is 3.49. The van der Waals surface area contributed by atoms with Crippen LogP contribution in [0.1, 0.15) is 22.6 Å². The Balaban J connectivity index is 3.47. The molecule has 0 aliphatic heterocycles. The number of halogens is 1. The van der Waals surface area contributed by atoms with Crippen LogP contribution in [-0.2, 0) is 4.79 Å². The summed E-state index contributed by atoms with van der Waals surface area (Å²) in [5, 5.41) is 18.7. The fraction of sp³-hybridized carbons (Fsp3) is 0.364. The number of hydrogen-bond acceptors (Lipinski definition) is 3. The van der Waals surface area contributed by atoms with Crippen molar-refractivity contribution >= 4 is 5.97 Å². The highest BCUT2D eigenvalue weighted by molar-refractivity contribution is 5.78. The summed E-state index contributed by atoms with van der Waals surface area (Å²) in [5.74, 6) is -3.00. The molecule has 0 bridgehead atoms. The van der Waals surface area contributed by atoms with Gasteiger partial charge < -0.3 is 15.9 Å². The molecule has 88 valence electrons. The van der Waals surface area contributed by atoms with Crippen LogP contribution in [0, 0.1) is 19.7 Å². The van der Waals surface area contributed by atoms with E-state index in [1.54, 1.807) is 0 Å². The minimum absolute atomic E-state index is 0.0625. The van der Waals surface area contributed by atoms with Crippen molar-refractivity contribution in [3.63, 3.8) is 0 Å². The van der Waals surface area contributed by atoms with Gasteiger partial charge in [-0.1, -0.05) is 0 Å². The summed E-state index contributed by atoms with van der Waals surface area (Å²) in [6.45, 7) is 2.75. The van der Waals surface area contributed by atoms with Crippen LogP contribution in [0.4, 0.5) is 4.39 Å². The van der Waals surface area contributed by atoms with E-state index in [2.05, 4.69) is 0 Å². The van der Waals surface area contributed by atoms with E-state index < -0.39 is 17.7 Å². The average molecular weight is 227 g/mol. The summed E-state index contributed by atoms with van der Waals surface area (Å²) in [6, 6.07) is 1.17. The summed E-state index contributed by atoms with van der Waals surface area (Å²) in [6.07, 6.45) is 0. The lowest BCUT2D eigenvalue weighted by Crippen LogP contribution is -2.22. The molecule has 5 heteroatoms. The van der Waals surface area contributed by atoms with Crippen molar-refractivity contribution in [1.82, 2.24) is 0 Å².